The van der Waals surface area contributed by atoms with Crippen molar-refractivity contribution in [2.75, 3.05) is 0 Å². The number of hydrogen-bond acceptors (Lipinski definition) is 4. The number of Topliss-reactive ketones (excluding diaryl/α,β-unsaturated/α-hetero) is 1. The summed E-state index contributed by atoms with van der Waals surface area (Å²) in [6, 6.07) is 0. The molecule has 0 unspecified atom stereocenters. The van der Waals surface area contributed by atoms with Gasteiger partial charge in [-0.1, -0.05) is 0 Å². The summed E-state index contributed by atoms with van der Waals surface area (Å²) in [7, 11) is 0. The zero-order valence-electron chi connectivity index (χ0n) is 6.34. The Hall–Kier alpha value is -1.32. The topological polar surface area (TPSA) is 60.4 Å². The van der Waals surface area contributed by atoms with E-state index in [1.807, 2.05) is 0 Å². The molecule has 11 heavy (non-hydrogen) atoms. The lowest BCUT2D eigenvalue weighted by molar-refractivity contribution is -0.116. The van der Waals surface area contributed by atoms with Crippen LogP contribution in [0.2, 0.25) is 0 Å². The van der Waals surface area contributed by atoms with Crippen molar-refractivity contribution in [2.45, 2.75) is 20.3 Å². The van der Waals surface area contributed by atoms with E-state index in [2.05, 4.69) is 8.83 Å². The third-order valence-electron chi connectivity index (χ3n) is 1.25. The third-order valence-corrected chi connectivity index (χ3v) is 1.25. The lowest BCUT2D eigenvalue weighted by Gasteiger charge is -1.87. The number of carbonyl (C=O) groups excluding carboxylic acids is 1. The second-order valence-electron chi connectivity index (χ2n) is 2.31. The lowest BCUT2D eigenvalue weighted by atomic mass is 10.2. The van der Waals surface area contributed by atoms with Gasteiger partial charge >= 0.3 is 5.82 Å². The molecule has 0 spiro atoms. The molecule has 0 saturated carbocycles. The molecule has 0 radical (unpaired) electrons. The van der Waals surface area contributed by atoms with Gasteiger partial charge in [0.1, 0.15) is 11.5 Å². The predicted molar refractivity (Wildman–Crippen MR) is 36.4 cm³/mol. The Labute approximate surface area is 62.8 Å². The minimum absolute atomic E-state index is 0.0577. The Morgan fingerprint density at radius 1 is 1.45 bits per heavy atom. The number of ketones is 1. The summed E-state index contributed by atoms with van der Waals surface area (Å²) in [6.07, 6.45) is 0.123. The standard InChI is InChI=1S/C7H8O4/c1-4(8)3-6-5(2)10-7(9)11-6/h3H2,1-2H3. The van der Waals surface area contributed by atoms with Gasteiger partial charge in [0, 0.05) is 0 Å². The highest BCUT2D eigenvalue weighted by atomic mass is 16.6. The van der Waals surface area contributed by atoms with Crippen molar-refractivity contribution < 1.29 is 13.6 Å². The molecule has 0 aliphatic carbocycles. The van der Waals surface area contributed by atoms with E-state index in [1.165, 1.54) is 6.92 Å². The molecular weight excluding hydrogens is 148 g/mol. The van der Waals surface area contributed by atoms with Crippen molar-refractivity contribution in [1.82, 2.24) is 0 Å². The maximum atomic E-state index is 10.6. The van der Waals surface area contributed by atoms with Gasteiger partial charge in [-0.2, -0.15) is 0 Å². The molecule has 0 N–H and O–H groups in total. The summed E-state index contributed by atoms with van der Waals surface area (Å²) in [6.45, 7) is 3.01. The first kappa shape index (κ1) is 7.78. The smallest absolute Gasteiger partial charge is 0.396 e. The second kappa shape index (κ2) is 2.74. The van der Waals surface area contributed by atoms with Crippen LogP contribution in [0.3, 0.4) is 0 Å². The van der Waals surface area contributed by atoms with E-state index >= 15 is 0 Å². The van der Waals surface area contributed by atoms with Crippen LogP contribution in [-0.2, 0) is 11.2 Å². The van der Waals surface area contributed by atoms with E-state index < -0.39 is 5.82 Å². The Balaban J connectivity index is 2.94. The summed E-state index contributed by atoms with van der Waals surface area (Å²) in [5, 5.41) is 0. The van der Waals surface area contributed by atoms with Gasteiger partial charge in [0.05, 0.1) is 6.42 Å². The Kier molecular flexibility index (Phi) is 1.94. The highest BCUT2D eigenvalue weighted by molar-refractivity contribution is 5.77. The molecule has 1 heterocycles. The van der Waals surface area contributed by atoms with Crippen molar-refractivity contribution in [3.05, 3.63) is 22.1 Å². The van der Waals surface area contributed by atoms with Gasteiger partial charge < -0.3 is 8.83 Å². The summed E-state index contributed by atoms with van der Waals surface area (Å²) in [5.41, 5.74) is 0. The number of hydrogen-bond donors (Lipinski definition) is 0. The van der Waals surface area contributed by atoms with Crippen LogP contribution in [0.5, 0.6) is 0 Å². The molecule has 1 aromatic heterocycles. The molecule has 60 valence electrons. The third kappa shape index (κ3) is 1.80. The SMILES string of the molecule is CC(=O)Cc1oc(=O)oc1C. The monoisotopic (exact) mass is 156 g/mol. The van der Waals surface area contributed by atoms with Crippen LogP contribution < -0.4 is 5.82 Å². The highest BCUT2D eigenvalue weighted by Crippen LogP contribution is 2.05. The molecule has 0 aromatic carbocycles. The van der Waals surface area contributed by atoms with Crippen LogP contribution in [0.15, 0.2) is 13.6 Å². The van der Waals surface area contributed by atoms with Crippen molar-refractivity contribution >= 4 is 5.78 Å². The van der Waals surface area contributed by atoms with E-state index in [9.17, 15) is 9.59 Å². The maximum absolute atomic E-state index is 10.6. The second-order valence-corrected chi connectivity index (χ2v) is 2.31. The maximum Gasteiger partial charge on any atom is 0.519 e. The minimum atomic E-state index is -0.751. The van der Waals surface area contributed by atoms with Gasteiger partial charge in [-0.3, -0.25) is 4.79 Å². The Bertz CT molecular complexity index is 317. The van der Waals surface area contributed by atoms with E-state index in [1.54, 1.807) is 6.92 Å². The first-order valence-corrected chi connectivity index (χ1v) is 3.18. The quantitative estimate of drug-likeness (QED) is 0.631. The molecule has 0 aliphatic heterocycles. The van der Waals surface area contributed by atoms with Crippen LogP contribution in [0.25, 0.3) is 0 Å². The molecule has 1 rings (SSSR count). The average Bonchev–Trinajstić information content (AvgIpc) is 2.09. The van der Waals surface area contributed by atoms with E-state index in [-0.39, 0.29) is 12.2 Å². The van der Waals surface area contributed by atoms with Gasteiger partial charge in [0.2, 0.25) is 0 Å². The van der Waals surface area contributed by atoms with E-state index in [0.717, 1.165) is 0 Å². The summed E-state index contributed by atoms with van der Waals surface area (Å²) in [5.74, 6) is -0.107. The molecule has 0 atom stereocenters. The molecule has 4 nitrogen and oxygen atoms in total. The van der Waals surface area contributed by atoms with Gasteiger partial charge in [-0.05, 0) is 13.8 Å². The summed E-state index contributed by atoms with van der Waals surface area (Å²) in [4.78, 5) is 21.0. The number of carbonyl (C=O) groups is 1. The minimum Gasteiger partial charge on any atom is -0.396 e. The van der Waals surface area contributed by atoms with Gasteiger partial charge in [0.15, 0.2) is 5.76 Å². The lowest BCUT2D eigenvalue weighted by Crippen LogP contribution is -1.96. The summed E-state index contributed by atoms with van der Waals surface area (Å²) < 4.78 is 9.12. The van der Waals surface area contributed by atoms with Crippen molar-refractivity contribution in [1.29, 1.82) is 0 Å². The molecule has 1 aromatic rings. The Morgan fingerprint density at radius 3 is 2.45 bits per heavy atom. The molecule has 0 aliphatic rings. The van der Waals surface area contributed by atoms with Crippen molar-refractivity contribution in [3.8, 4) is 0 Å². The first-order valence-electron chi connectivity index (χ1n) is 3.18. The zero-order valence-corrected chi connectivity index (χ0v) is 6.34. The molecule has 0 fully saturated rings. The molecule has 0 amide bonds. The zero-order chi connectivity index (χ0) is 8.43. The molecular formula is C7H8O4. The van der Waals surface area contributed by atoms with Gasteiger partial charge in [-0.25, -0.2) is 4.79 Å². The van der Waals surface area contributed by atoms with E-state index in [4.69, 9.17) is 0 Å². The molecule has 0 saturated heterocycles. The fraction of sp³-hybridized carbons (Fsp3) is 0.429. The first-order chi connectivity index (χ1) is 5.09. The van der Waals surface area contributed by atoms with Crippen LogP contribution in [0, 0.1) is 6.92 Å². The number of rotatable bonds is 2. The van der Waals surface area contributed by atoms with Crippen molar-refractivity contribution in [2.24, 2.45) is 0 Å². The van der Waals surface area contributed by atoms with Crippen LogP contribution in [0.4, 0.5) is 0 Å². The van der Waals surface area contributed by atoms with E-state index in [0.29, 0.717) is 11.5 Å². The van der Waals surface area contributed by atoms with Crippen LogP contribution >= 0.6 is 0 Å². The fourth-order valence-electron chi connectivity index (χ4n) is 0.762. The fourth-order valence-corrected chi connectivity index (χ4v) is 0.762. The van der Waals surface area contributed by atoms with Crippen LogP contribution in [0.1, 0.15) is 18.4 Å². The molecule has 0 bridgehead atoms. The van der Waals surface area contributed by atoms with Gasteiger partial charge in [-0.15, -0.1) is 0 Å². The van der Waals surface area contributed by atoms with Crippen molar-refractivity contribution in [3.63, 3.8) is 0 Å². The molecule has 4 heteroatoms. The predicted octanol–water partition coefficient (Wildman–Crippen LogP) is 0.673. The van der Waals surface area contributed by atoms with Crippen LogP contribution in [-0.4, -0.2) is 5.78 Å². The average molecular weight is 156 g/mol. The normalized spacial score (nSPS) is 10.0. The van der Waals surface area contributed by atoms with Gasteiger partial charge in [0.25, 0.3) is 0 Å². The number of aryl methyl sites for hydroxylation is 1. The highest BCUT2D eigenvalue weighted by Gasteiger charge is 2.09. The summed E-state index contributed by atoms with van der Waals surface area (Å²) >= 11 is 0. The largest absolute Gasteiger partial charge is 0.519 e. The Morgan fingerprint density at radius 2 is 2.09 bits per heavy atom.